The van der Waals surface area contributed by atoms with E-state index in [2.05, 4.69) is 48.1 Å². The molecule has 1 aliphatic carbocycles. The van der Waals surface area contributed by atoms with Crippen molar-refractivity contribution in [1.82, 2.24) is 24.8 Å². The third kappa shape index (κ3) is 3.83. The summed E-state index contributed by atoms with van der Waals surface area (Å²) in [5.74, 6) is 2.17. The molecule has 0 amide bonds. The van der Waals surface area contributed by atoms with Crippen molar-refractivity contribution >= 4 is 40.0 Å². The molecule has 2 aliphatic heterocycles. The van der Waals surface area contributed by atoms with E-state index in [0.29, 0.717) is 18.5 Å². The molecule has 1 saturated carbocycles. The third-order valence-corrected chi connectivity index (χ3v) is 7.18. The van der Waals surface area contributed by atoms with Gasteiger partial charge in [0.25, 0.3) is 0 Å². The molecule has 9 nitrogen and oxygen atoms in total. The lowest BCUT2D eigenvalue weighted by molar-refractivity contribution is 0.528. The van der Waals surface area contributed by atoms with E-state index in [4.69, 9.17) is 9.98 Å². The summed E-state index contributed by atoms with van der Waals surface area (Å²) in [5, 5.41) is 7.79. The molecule has 176 valence electrons. The Morgan fingerprint density at radius 3 is 2.56 bits per heavy atom. The van der Waals surface area contributed by atoms with Crippen LogP contribution in [0.15, 0.2) is 34.5 Å². The number of nitrogens with one attached hydrogen (secondary N) is 2. The predicted octanol–water partition coefficient (Wildman–Crippen LogP) is 3.62. The standard InChI is InChI=1S/C25H31N9/c1-16-20-14-29-25(31-22-8-7-19(13-28-22)33-11-9-26-10-12-33)32-24(20)34(18-5-3-4-6-18)23(16)21-15-27-17(2)30-21/h7-8,13-14,18,26H,3-6,9-12,15H2,1-2H3,(H,28,29,31,32). The van der Waals surface area contributed by atoms with Gasteiger partial charge in [-0.3, -0.25) is 4.99 Å². The van der Waals surface area contributed by atoms with Crippen molar-refractivity contribution < 1.29 is 0 Å². The number of aromatic nitrogens is 4. The maximum atomic E-state index is 4.99. The van der Waals surface area contributed by atoms with Crippen molar-refractivity contribution in [2.45, 2.75) is 45.6 Å². The van der Waals surface area contributed by atoms with Gasteiger partial charge in [0.15, 0.2) is 0 Å². The average molecular weight is 458 g/mol. The first-order chi connectivity index (χ1) is 16.7. The molecule has 9 heteroatoms. The monoisotopic (exact) mass is 457 g/mol. The fourth-order valence-corrected chi connectivity index (χ4v) is 5.44. The highest BCUT2D eigenvalue weighted by molar-refractivity contribution is 6.14. The van der Waals surface area contributed by atoms with Gasteiger partial charge in [-0.05, 0) is 44.4 Å². The fraction of sp³-hybridized carbons (Fsp3) is 0.480. The van der Waals surface area contributed by atoms with Gasteiger partial charge in [-0.2, -0.15) is 4.98 Å². The molecule has 3 aliphatic rings. The first-order valence-electron chi connectivity index (χ1n) is 12.3. The highest BCUT2D eigenvalue weighted by Crippen LogP contribution is 2.37. The van der Waals surface area contributed by atoms with Crippen LogP contribution in [-0.4, -0.2) is 63.8 Å². The van der Waals surface area contributed by atoms with Gasteiger partial charge in [-0.15, -0.1) is 0 Å². The lowest BCUT2D eigenvalue weighted by Gasteiger charge is -2.29. The van der Waals surface area contributed by atoms with Gasteiger partial charge in [0.2, 0.25) is 5.95 Å². The summed E-state index contributed by atoms with van der Waals surface area (Å²) in [6.45, 7) is 8.78. The van der Waals surface area contributed by atoms with Crippen LogP contribution in [0.5, 0.6) is 0 Å². The van der Waals surface area contributed by atoms with Crippen LogP contribution in [-0.2, 0) is 0 Å². The lowest BCUT2D eigenvalue weighted by atomic mass is 10.1. The van der Waals surface area contributed by atoms with E-state index in [1.165, 1.54) is 36.9 Å². The summed E-state index contributed by atoms with van der Waals surface area (Å²) in [6.07, 6.45) is 8.72. The molecule has 0 bridgehead atoms. The molecule has 0 spiro atoms. The maximum absolute atomic E-state index is 4.99. The normalized spacial score (nSPS) is 19.1. The van der Waals surface area contributed by atoms with E-state index in [1.807, 2.05) is 25.4 Å². The number of pyridine rings is 1. The van der Waals surface area contributed by atoms with Crippen molar-refractivity contribution in [3.8, 4) is 0 Å². The molecule has 6 rings (SSSR count). The number of aliphatic imine (C=N–C) groups is 2. The van der Waals surface area contributed by atoms with Crippen LogP contribution in [0.25, 0.3) is 11.0 Å². The maximum Gasteiger partial charge on any atom is 0.230 e. The molecule has 0 radical (unpaired) electrons. The Labute approximate surface area is 199 Å². The minimum absolute atomic E-state index is 0.439. The van der Waals surface area contributed by atoms with Crippen molar-refractivity contribution in [2.75, 3.05) is 42.9 Å². The molecule has 5 heterocycles. The van der Waals surface area contributed by atoms with Crippen LogP contribution < -0.4 is 15.5 Å². The molecule has 0 unspecified atom stereocenters. The highest BCUT2D eigenvalue weighted by atomic mass is 15.2. The molecular formula is C25H31N9. The smallest absolute Gasteiger partial charge is 0.230 e. The number of nitrogens with zero attached hydrogens (tertiary/aromatic N) is 7. The second-order valence-electron chi connectivity index (χ2n) is 9.40. The number of piperazine rings is 1. The number of hydrogen-bond donors (Lipinski definition) is 2. The van der Waals surface area contributed by atoms with Crippen LogP contribution in [0.1, 0.15) is 49.9 Å². The molecule has 2 fully saturated rings. The fourth-order valence-electron chi connectivity index (χ4n) is 5.44. The van der Waals surface area contributed by atoms with Gasteiger partial charge in [-0.25, -0.2) is 15.0 Å². The molecule has 3 aromatic rings. The van der Waals surface area contributed by atoms with E-state index < -0.39 is 0 Å². The van der Waals surface area contributed by atoms with Crippen LogP contribution in [0.3, 0.4) is 0 Å². The Bertz CT molecular complexity index is 1260. The summed E-state index contributed by atoms with van der Waals surface area (Å²) < 4.78 is 2.42. The minimum atomic E-state index is 0.439. The summed E-state index contributed by atoms with van der Waals surface area (Å²) in [6, 6.07) is 4.56. The summed E-state index contributed by atoms with van der Waals surface area (Å²) >= 11 is 0. The van der Waals surface area contributed by atoms with Gasteiger partial charge in [-0.1, -0.05) is 12.8 Å². The van der Waals surface area contributed by atoms with Crippen LogP contribution in [0.2, 0.25) is 0 Å². The van der Waals surface area contributed by atoms with E-state index in [9.17, 15) is 0 Å². The number of amidine groups is 1. The van der Waals surface area contributed by atoms with Crippen LogP contribution in [0, 0.1) is 6.92 Å². The van der Waals surface area contributed by atoms with Crippen molar-refractivity contribution in [3.05, 3.63) is 35.8 Å². The molecule has 0 atom stereocenters. The van der Waals surface area contributed by atoms with E-state index >= 15 is 0 Å². The Kier molecular flexibility index (Phi) is 5.49. The van der Waals surface area contributed by atoms with Crippen molar-refractivity contribution in [1.29, 1.82) is 0 Å². The SMILES string of the molecule is CC1=NCC(c2c(C)c3cnc(Nc4ccc(N5CCNCC5)cn4)nc3n2C2CCCC2)=N1. The molecule has 34 heavy (non-hydrogen) atoms. The van der Waals surface area contributed by atoms with E-state index in [-0.39, 0.29) is 0 Å². The predicted molar refractivity (Wildman–Crippen MR) is 137 cm³/mol. The highest BCUT2D eigenvalue weighted by Gasteiger charge is 2.28. The Morgan fingerprint density at radius 2 is 1.85 bits per heavy atom. The zero-order valence-electron chi connectivity index (χ0n) is 19.9. The molecule has 2 N–H and O–H groups in total. The van der Waals surface area contributed by atoms with Crippen molar-refractivity contribution in [2.24, 2.45) is 9.98 Å². The zero-order valence-corrected chi connectivity index (χ0v) is 19.9. The largest absolute Gasteiger partial charge is 0.368 e. The first kappa shape index (κ1) is 21.2. The number of anilines is 3. The van der Waals surface area contributed by atoms with Gasteiger partial charge in [0, 0.05) is 43.8 Å². The Morgan fingerprint density at radius 1 is 1.03 bits per heavy atom. The second kappa shape index (κ2) is 8.79. The third-order valence-electron chi connectivity index (χ3n) is 7.18. The zero-order chi connectivity index (χ0) is 23.1. The topological polar surface area (TPSA) is 95.6 Å². The quantitative estimate of drug-likeness (QED) is 0.608. The minimum Gasteiger partial charge on any atom is -0.368 e. The van der Waals surface area contributed by atoms with Crippen molar-refractivity contribution in [3.63, 3.8) is 0 Å². The average Bonchev–Trinajstić information content (AvgIpc) is 3.60. The van der Waals surface area contributed by atoms with E-state index in [1.54, 1.807) is 0 Å². The van der Waals surface area contributed by atoms with Gasteiger partial charge >= 0.3 is 0 Å². The van der Waals surface area contributed by atoms with Gasteiger partial charge < -0.3 is 20.1 Å². The number of hydrogen-bond acceptors (Lipinski definition) is 8. The van der Waals surface area contributed by atoms with E-state index in [0.717, 1.165) is 60.3 Å². The second-order valence-corrected chi connectivity index (χ2v) is 9.40. The van der Waals surface area contributed by atoms with Gasteiger partial charge in [0.1, 0.15) is 17.3 Å². The number of fused-ring (bicyclic) bond motifs is 1. The molecular weight excluding hydrogens is 426 g/mol. The number of aryl methyl sites for hydroxylation is 1. The Balaban J connectivity index is 1.33. The summed E-state index contributed by atoms with van der Waals surface area (Å²) in [4.78, 5) is 25.9. The summed E-state index contributed by atoms with van der Waals surface area (Å²) in [5.41, 5.74) is 5.53. The Hall–Kier alpha value is -3.33. The van der Waals surface area contributed by atoms with Gasteiger partial charge in [0.05, 0.1) is 29.8 Å². The molecule has 0 aromatic carbocycles. The molecule has 1 saturated heterocycles. The molecule has 3 aromatic heterocycles. The lowest BCUT2D eigenvalue weighted by Crippen LogP contribution is -2.43. The number of rotatable bonds is 5. The van der Waals surface area contributed by atoms with Crippen LogP contribution >= 0.6 is 0 Å². The summed E-state index contributed by atoms with van der Waals surface area (Å²) in [7, 11) is 0. The van der Waals surface area contributed by atoms with Crippen LogP contribution in [0.4, 0.5) is 17.5 Å². The first-order valence-corrected chi connectivity index (χ1v) is 12.3.